The molecule has 0 heterocycles. The summed E-state index contributed by atoms with van der Waals surface area (Å²) in [5.41, 5.74) is 0.889. The van der Waals surface area contributed by atoms with Gasteiger partial charge in [-0.15, -0.1) is 0 Å². The first-order valence-electron chi connectivity index (χ1n) is 11.9. The Morgan fingerprint density at radius 1 is 0.875 bits per heavy atom. The Balaban J connectivity index is 2.08. The monoisotopic (exact) mass is 444 g/mol. The first kappa shape index (κ1) is 24.5. The molecule has 1 aliphatic rings. The van der Waals surface area contributed by atoms with Crippen molar-refractivity contribution >= 4 is 5.78 Å². The van der Waals surface area contributed by atoms with Crippen molar-refractivity contribution in [2.45, 2.75) is 78.3 Å². The molecule has 174 valence electrons. The molecule has 1 saturated carbocycles. The molecule has 1 aliphatic carbocycles. The lowest BCUT2D eigenvalue weighted by atomic mass is 9.67. The minimum atomic E-state index is -4.58. The molecular weight excluding hydrogens is 409 g/mol. The fourth-order valence-electron chi connectivity index (χ4n) is 5.52. The van der Waals surface area contributed by atoms with Crippen LogP contribution in [0.2, 0.25) is 0 Å². The van der Waals surface area contributed by atoms with Gasteiger partial charge in [-0.3, -0.25) is 4.79 Å². The van der Waals surface area contributed by atoms with Gasteiger partial charge in [0.1, 0.15) is 0 Å². The molecule has 0 radical (unpaired) electrons. The van der Waals surface area contributed by atoms with Gasteiger partial charge in [-0.05, 0) is 65.7 Å². The SMILES string of the molecule is CC(C)c1ccccc1C(=O)c1cc(C(C)C2CCCCC2C(C)C)ccc1C(F)(F)F. The maximum atomic E-state index is 13.9. The van der Waals surface area contributed by atoms with Crippen LogP contribution in [0.5, 0.6) is 0 Å². The number of halogens is 3. The van der Waals surface area contributed by atoms with E-state index in [0.717, 1.165) is 30.0 Å². The zero-order valence-corrected chi connectivity index (χ0v) is 19.8. The number of carbonyl (C=O) groups excluding carboxylic acids is 1. The molecule has 3 atom stereocenters. The Labute approximate surface area is 190 Å². The Kier molecular flexibility index (Phi) is 7.52. The lowest BCUT2D eigenvalue weighted by molar-refractivity contribution is -0.137. The van der Waals surface area contributed by atoms with Gasteiger partial charge in [0.2, 0.25) is 0 Å². The molecule has 0 aromatic heterocycles. The third-order valence-corrected chi connectivity index (χ3v) is 7.32. The Morgan fingerprint density at radius 2 is 1.50 bits per heavy atom. The quantitative estimate of drug-likeness (QED) is 0.408. The van der Waals surface area contributed by atoms with Crippen molar-refractivity contribution in [2.24, 2.45) is 17.8 Å². The van der Waals surface area contributed by atoms with Crippen molar-refractivity contribution in [3.63, 3.8) is 0 Å². The van der Waals surface area contributed by atoms with Gasteiger partial charge in [0.25, 0.3) is 0 Å². The molecule has 0 spiro atoms. The van der Waals surface area contributed by atoms with Gasteiger partial charge in [-0.25, -0.2) is 0 Å². The van der Waals surface area contributed by atoms with Crippen LogP contribution in [0.4, 0.5) is 13.2 Å². The number of hydrogen-bond donors (Lipinski definition) is 0. The maximum Gasteiger partial charge on any atom is 0.417 e. The molecule has 0 bridgehead atoms. The average molecular weight is 445 g/mol. The summed E-state index contributed by atoms with van der Waals surface area (Å²) in [7, 11) is 0. The lowest BCUT2D eigenvalue weighted by Gasteiger charge is -2.38. The van der Waals surface area contributed by atoms with Gasteiger partial charge in [0, 0.05) is 11.1 Å². The molecule has 2 aromatic rings. The minimum absolute atomic E-state index is 0.0423. The van der Waals surface area contributed by atoms with Crippen LogP contribution in [-0.2, 0) is 6.18 Å². The fraction of sp³-hybridized carbons (Fsp3) is 0.536. The van der Waals surface area contributed by atoms with Crippen LogP contribution in [0.1, 0.15) is 105 Å². The highest BCUT2D eigenvalue weighted by Gasteiger charge is 2.37. The van der Waals surface area contributed by atoms with Crippen molar-refractivity contribution in [1.82, 2.24) is 0 Å². The summed E-state index contributed by atoms with van der Waals surface area (Å²) in [6.07, 6.45) is 0.0530. The molecule has 32 heavy (non-hydrogen) atoms. The zero-order valence-electron chi connectivity index (χ0n) is 19.8. The smallest absolute Gasteiger partial charge is 0.289 e. The summed E-state index contributed by atoms with van der Waals surface area (Å²) in [6.45, 7) is 10.5. The van der Waals surface area contributed by atoms with Crippen molar-refractivity contribution in [1.29, 1.82) is 0 Å². The molecular formula is C28H35F3O. The lowest BCUT2D eigenvalue weighted by Crippen LogP contribution is -2.28. The summed E-state index contributed by atoms with van der Waals surface area (Å²) >= 11 is 0. The van der Waals surface area contributed by atoms with Crippen LogP contribution in [-0.4, -0.2) is 5.78 Å². The van der Waals surface area contributed by atoms with Crippen molar-refractivity contribution in [3.8, 4) is 0 Å². The fourth-order valence-corrected chi connectivity index (χ4v) is 5.52. The third kappa shape index (κ3) is 5.10. The number of rotatable bonds is 6. The molecule has 3 rings (SSSR count). The van der Waals surface area contributed by atoms with Gasteiger partial charge in [-0.2, -0.15) is 13.2 Å². The van der Waals surface area contributed by atoms with Crippen LogP contribution >= 0.6 is 0 Å². The molecule has 0 saturated heterocycles. The predicted molar refractivity (Wildman–Crippen MR) is 124 cm³/mol. The van der Waals surface area contributed by atoms with Crippen LogP contribution in [0.3, 0.4) is 0 Å². The van der Waals surface area contributed by atoms with Gasteiger partial charge >= 0.3 is 6.18 Å². The van der Waals surface area contributed by atoms with Crippen molar-refractivity contribution < 1.29 is 18.0 Å². The van der Waals surface area contributed by atoms with Crippen LogP contribution < -0.4 is 0 Å². The Morgan fingerprint density at radius 3 is 2.09 bits per heavy atom. The van der Waals surface area contributed by atoms with E-state index in [9.17, 15) is 18.0 Å². The van der Waals surface area contributed by atoms with E-state index in [1.807, 2.05) is 26.0 Å². The second kappa shape index (κ2) is 9.80. The van der Waals surface area contributed by atoms with E-state index in [0.29, 0.717) is 23.3 Å². The number of hydrogen-bond acceptors (Lipinski definition) is 1. The van der Waals surface area contributed by atoms with Gasteiger partial charge < -0.3 is 0 Å². The standard InChI is InChI=1S/C28H35F3O/c1-17(2)21-10-6-8-12-23(21)19(5)20-14-15-26(28(29,30)31)25(16-20)27(32)24-13-9-7-11-22(24)18(3)4/h7,9,11,13-19,21,23H,6,8,10,12H2,1-5H3. The van der Waals surface area contributed by atoms with E-state index < -0.39 is 17.5 Å². The predicted octanol–water partition coefficient (Wildman–Crippen LogP) is 8.63. The van der Waals surface area contributed by atoms with Crippen LogP contribution in [0.25, 0.3) is 0 Å². The topological polar surface area (TPSA) is 17.1 Å². The van der Waals surface area contributed by atoms with Crippen molar-refractivity contribution in [3.05, 3.63) is 70.3 Å². The first-order chi connectivity index (χ1) is 15.0. The summed E-state index contributed by atoms with van der Waals surface area (Å²) in [6, 6.07) is 11.2. The third-order valence-electron chi connectivity index (χ3n) is 7.32. The summed E-state index contributed by atoms with van der Waals surface area (Å²) in [5, 5.41) is 0. The highest BCUT2D eigenvalue weighted by Crippen LogP contribution is 2.44. The minimum Gasteiger partial charge on any atom is -0.289 e. The van der Waals surface area contributed by atoms with Gasteiger partial charge in [0.05, 0.1) is 5.56 Å². The van der Waals surface area contributed by atoms with E-state index in [-0.39, 0.29) is 17.4 Å². The second-order valence-corrected chi connectivity index (χ2v) is 10.0. The van der Waals surface area contributed by atoms with Gasteiger partial charge in [0.15, 0.2) is 5.78 Å². The van der Waals surface area contributed by atoms with Crippen LogP contribution in [0.15, 0.2) is 42.5 Å². The highest BCUT2D eigenvalue weighted by molar-refractivity contribution is 6.11. The molecule has 0 amide bonds. The molecule has 0 aliphatic heterocycles. The molecule has 4 heteroatoms. The maximum absolute atomic E-state index is 13.9. The molecule has 2 aromatic carbocycles. The first-order valence-corrected chi connectivity index (χ1v) is 11.9. The zero-order chi connectivity index (χ0) is 23.6. The Hall–Kier alpha value is -2.10. The molecule has 0 N–H and O–H groups in total. The number of ketones is 1. The second-order valence-electron chi connectivity index (χ2n) is 10.0. The van der Waals surface area contributed by atoms with Crippen LogP contribution in [0, 0.1) is 17.8 Å². The number of benzene rings is 2. The average Bonchev–Trinajstić information content (AvgIpc) is 2.77. The summed E-state index contributed by atoms with van der Waals surface area (Å²) in [5.74, 6) is 1.13. The normalized spacial score (nSPS) is 20.6. The van der Waals surface area contributed by atoms with E-state index >= 15 is 0 Å². The van der Waals surface area contributed by atoms with Crippen molar-refractivity contribution in [2.75, 3.05) is 0 Å². The molecule has 1 fully saturated rings. The van der Waals surface area contributed by atoms with Gasteiger partial charge in [-0.1, -0.05) is 77.8 Å². The molecule has 1 nitrogen and oxygen atoms in total. The largest absolute Gasteiger partial charge is 0.417 e. The van der Waals surface area contributed by atoms with E-state index in [1.54, 1.807) is 18.2 Å². The van der Waals surface area contributed by atoms with E-state index in [1.165, 1.54) is 18.9 Å². The summed E-state index contributed by atoms with van der Waals surface area (Å²) < 4.78 is 41.7. The number of carbonyl (C=O) groups is 1. The highest BCUT2D eigenvalue weighted by atomic mass is 19.4. The molecule has 3 unspecified atom stereocenters. The number of alkyl halides is 3. The van der Waals surface area contributed by atoms with E-state index in [2.05, 4.69) is 20.8 Å². The summed E-state index contributed by atoms with van der Waals surface area (Å²) in [4.78, 5) is 13.5. The van der Waals surface area contributed by atoms with E-state index in [4.69, 9.17) is 0 Å². The Bertz CT molecular complexity index is 942.